The highest BCUT2D eigenvalue weighted by Crippen LogP contribution is 2.22. The maximum absolute atomic E-state index is 12.6. The van der Waals surface area contributed by atoms with Crippen molar-refractivity contribution in [3.63, 3.8) is 0 Å². The van der Waals surface area contributed by atoms with Gasteiger partial charge < -0.3 is 14.6 Å². The van der Waals surface area contributed by atoms with E-state index >= 15 is 0 Å². The van der Waals surface area contributed by atoms with Crippen molar-refractivity contribution in [2.75, 3.05) is 46.3 Å². The van der Waals surface area contributed by atoms with E-state index in [-0.39, 0.29) is 5.91 Å². The Hall–Kier alpha value is -2.77. The summed E-state index contributed by atoms with van der Waals surface area (Å²) in [6.07, 6.45) is 5.32. The van der Waals surface area contributed by atoms with E-state index in [1.165, 1.54) is 5.56 Å². The monoisotopic (exact) mass is 378 g/mol. The molecule has 1 amide bonds. The molecule has 3 heterocycles. The number of fused-ring (bicyclic) bond motifs is 1. The number of hydrogen-bond acceptors (Lipinski definition) is 5. The minimum atomic E-state index is -0.146. The molecule has 0 unspecified atom stereocenters. The van der Waals surface area contributed by atoms with E-state index in [4.69, 9.17) is 0 Å². The Morgan fingerprint density at radius 1 is 1.14 bits per heavy atom. The van der Waals surface area contributed by atoms with Gasteiger partial charge in [0.2, 0.25) is 0 Å². The van der Waals surface area contributed by atoms with Crippen LogP contribution < -0.4 is 5.32 Å². The van der Waals surface area contributed by atoms with Crippen LogP contribution >= 0.6 is 0 Å². The normalized spacial score (nSPS) is 15.8. The van der Waals surface area contributed by atoms with Crippen molar-refractivity contribution in [1.29, 1.82) is 0 Å². The Morgan fingerprint density at radius 3 is 2.64 bits per heavy atom. The molecule has 0 saturated carbocycles. The zero-order valence-electron chi connectivity index (χ0n) is 16.4. The van der Waals surface area contributed by atoms with E-state index < -0.39 is 0 Å². The van der Waals surface area contributed by atoms with Crippen molar-refractivity contribution in [3.05, 3.63) is 54.1 Å². The maximum atomic E-state index is 12.6. The zero-order valence-corrected chi connectivity index (χ0v) is 16.4. The molecule has 3 aromatic rings. The lowest BCUT2D eigenvalue weighted by Gasteiger charge is -2.32. The molecule has 28 heavy (non-hydrogen) atoms. The highest BCUT2D eigenvalue weighted by atomic mass is 16.1. The molecule has 1 aromatic carbocycles. The third-order valence-electron chi connectivity index (χ3n) is 5.24. The fourth-order valence-corrected chi connectivity index (χ4v) is 3.43. The number of nitrogens with zero attached hydrogens (tertiary/aromatic N) is 5. The van der Waals surface area contributed by atoms with Gasteiger partial charge in [0.05, 0.1) is 0 Å². The fourth-order valence-electron chi connectivity index (χ4n) is 3.43. The lowest BCUT2D eigenvalue weighted by molar-refractivity contribution is 0.0936. The van der Waals surface area contributed by atoms with Crippen LogP contribution in [-0.2, 0) is 0 Å². The number of aromatic nitrogens is 3. The first-order valence-electron chi connectivity index (χ1n) is 9.70. The van der Waals surface area contributed by atoms with Gasteiger partial charge in [-0.25, -0.2) is 4.98 Å². The summed E-state index contributed by atoms with van der Waals surface area (Å²) >= 11 is 0. The van der Waals surface area contributed by atoms with Crippen molar-refractivity contribution in [3.8, 4) is 11.3 Å². The predicted molar refractivity (Wildman–Crippen MR) is 109 cm³/mol. The second-order valence-electron chi connectivity index (χ2n) is 7.40. The van der Waals surface area contributed by atoms with E-state index in [1.54, 1.807) is 12.4 Å². The van der Waals surface area contributed by atoms with E-state index in [0.29, 0.717) is 17.9 Å². The van der Waals surface area contributed by atoms with Gasteiger partial charge in [0.1, 0.15) is 11.4 Å². The first kappa shape index (κ1) is 18.6. The van der Waals surface area contributed by atoms with Gasteiger partial charge in [-0.3, -0.25) is 14.7 Å². The molecule has 1 N–H and O–H groups in total. The van der Waals surface area contributed by atoms with Gasteiger partial charge >= 0.3 is 0 Å². The summed E-state index contributed by atoms with van der Waals surface area (Å²) in [5.74, 6) is -0.146. The van der Waals surface area contributed by atoms with Gasteiger partial charge in [0.25, 0.3) is 5.91 Å². The molecule has 0 radical (unpaired) electrons. The lowest BCUT2D eigenvalue weighted by atomic mass is 10.1. The van der Waals surface area contributed by atoms with Crippen LogP contribution in [0.5, 0.6) is 0 Å². The number of carbonyl (C=O) groups is 1. The van der Waals surface area contributed by atoms with E-state index in [2.05, 4.69) is 51.2 Å². The van der Waals surface area contributed by atoms with Gasteiger partial charge in [0, 0.05) is 63.4 Å². The molecular formula is C21H26N6O. The van der Waals surface area contributed by atoms with E-state index in [9.17, 15) is 4.79 Å². The average Bonchev–Trinajstić information content (AvgIpc) is 3.15. The van der Waals surface area contributed by atoms with Crippen molar-refractivity contribution in [1.82, 2.24) is 29.5 Å². The molecular weight excluding hydrogens is 352 g/mol. The molecule has 146 valence electrons. The Bertz CT molecular complexity index is 957. The van der Waals surface area contributed by atoms with Crippen LogP contribution in [0, 0.1) is 6.92 Å². The number of hydrogen-bond donors (Lipinski definition) is 1. The highest BCUT2D eigenvalue weighted by molar-refractivity contribution is 5.93. The van der Waals surface area contributed by atoms with Gasteiger partial charge in [-0.1, -0.05) is 29.8 Å². The highest BCUT2D eigenvalue weighted by Gasteiger charge is 2.16. The van der Waals surface area contributed by atoms with Crippen LogP contribution in [0.25, 0.3) is 16.9 Å². The van der Waals surface area contributed by atoms with Crippen LogP contribution in [0.4, 0.5) is 0 Å². The molecule has 0 bridgehead atoms. The molecule has 7 heteroatoms. The summed E-state index contributed by atoms with van der Waals surface area (Å²) < 4.78 is 1.86. The third-order valence-corrected chi connectivity index (χ3v) is 5.24. The molecule has 1 aliphatic heterocycles. The van der Waals surface area contributed by atoms with Gasteiger partial charge in [-0.05, 0) is 14.0 Å². The van der Waals surface area contributed by atoms with Gasteiger partial charge in [-0.15, -0.1) is 0 Å². The first-order valence-corrected chi connectivity index (χ1v) is 9.70. The number of piperazine rings is 1. The largest absolute Gasteiger partial charge is 0.349 e. The molecule has 0 atom stereocenters. The molecule has 7 nitrogen and oxygen atoms in total. The number of rotatable bonds is 5. The lowest BCUT2D eigenvalue weighted by Crippen LogP contribution is -2.46. The number of amides is 1. The summed E-state index contributed by atoms with van der Waals surface area (Å²) in [5.41, 5.74) is 4.07. The van der Waals surface area contributed by atoms with E-state index in [1.807, 2.05) is 22.7 Å². The first-order chi connectivity index (χ1) is 13.6. The van der Waals surface area contributed by atoms with Crippen molar-refractivity contribution >= 4 is 11.6 Å². The molecule has 1 saturated heterocycles. The van der Waals surface area contributed by atoms with Gasteiger partial charge in [-0.2, -0.15) is 0 Å². The minimum Gasteiger partial charge on any atom is -0.349 e. The summed E-state index contributed by atoms with van der Waals surface area (Å²) in [6.45, 7) is 7.80. The Kier molecular flexibility index (Phi) is 5.36. The van der Waals surface area contributed by atoms with Crippen LogP contribution in [0.2, 0.25) is 0 Å². The second kappa shape index (κ2) is 8.08. The van der Waals surface area contributed by atoms with Crippen molar-refractivity contribution < 1.29 is 4.79 Å². The molecule has 0 spiro atoms. The predicted octanol–water partition coefficient (Wildman–Crippen LogP) is 1.68. The number of aryl methyl sites for hydroxylation is 1. The van der Waals surface area contributed by atoms with Crippen molar-refractivity contribution in [2.24, 2.45) is 0 Å². The molecule has 1 fully saturated rings. The SMILES string of the molecule is Cc1ccc(-c2nccn3cc(C(=O)NCCN4CCN(C)CC4)nc23)cc1. The number of carbonyl (C=O) groups excluding carboxylic acids is 1. The molecule has 2 aromatic heterocycles. The second-order valence-corrected chi connectivity index (χ2v) is 7.40. The van der Waals surface area contributed by atoms with Crippen molar-refractivity contribution in [2.45, 2.75) is 6.92 Å². The Labute approximate surface area is 165 Å². The van der Waals surface area contributed by atoms with E-state index in [0.717, 1.165) is 44.0 Å². The third kappa shape index (κ3) is 4.05. The summed E-state index contributed by atoms with van der Waals surface area (Å²) in [7, 11) is 2.14. The average molecular weight is 378 g/mol. The van der Waals surface area contributed by atoms with Crippen LogP contribution in [0.15, 0.2) is 42.9 Å². The fraction of sp³-hybridized carbons (Fsp3) is 0.381. The summed E-state index contributed by atoms with van der Waals surface area (Å²) in [5, 5.41) is 2.99. The zero-order chi connectivity index (χ0) is 19.5. The number of nitrogens with one attached hydrogen (secondary N) is 1. The van der Waals surface area contributed by atoms with Crippen LogP contribution in [0.3, 0.4) is 0 Å². The van der Waals surface area contributed by atoms with Gasteiger partial charge in [0.15, 0.2) is 5.65 Å². The van der Waals surface area contributed by atoms with Crippen LogP contribution in [0.1, 0.15) is 16.1 Å². The maximum Gasteiger partial charge on any atom is 0.271 e. The quantitative estimate of drug-likeness (QED) is 0.732. The minimum absolute atomic E-state index is 0.146. The Morgan fingerprint density at radius 2 is 1.89 bits per heavy atom. The number of likely N-dealkylation sites (N-methyl/N-ethyl adjacent to an activating group) is 1. The number of benzene rings is 1. The molecule has 1 aliphatic rings. The van der Waals surface area contributed by atoms with Crippen LogP contribution in [-0.4, -0.2) is 76.4 Å². The Balaban J connectivity index is 1.45. The number of imidazole rings is 1. The topological polar surface area (TPSA) is 65.8 Å². The smallest absolute Gasteiger partial charge is 0.271 e. The molecule has 4 rings (SSSR count). The standard InChI is InChI=1S/C21H26N6O/c1-16-3-5-17(6-4-16)19-20-24-18(15-27(20)10-8-22-19)21(28)23-7-9-26-13-11-25(2)12-14-26/h3-6,8,10,15H,7,9,11-14H2,1-2H3,(H,23,28). The summed E-state index contributed by atoms with van der Waals surface area (Å²) in [6, 6.07) is 8.16. The summed E-state index contributed by atoms with van der Waals surface area (Å²) in [4.78, 5) is 26.3. The molecule has 0 aliphatic carbocycles.